The third kappa shape index (κ3) is 3.25. The molecule has 0 aliphatic carbocycles. The monoisotopic (exact) mass is 300 g/mol. The molecule has 0 amide bonds. The molecule has 94 valence electrons. The number of hydrogen-bond acceptors (Lipinski definition) is 3. The number of aryl methyl sites for hydroxylation is 1. The fourth-order valence-electron chi connectivity index (χ4n) is 2.05. The van der Waals surface area contributed by atoms with E-state index in [9.17, 15) is 10.1 Å². The van der Waals surface area contributed by atoms with Gasteiger partial charge in [0.25, 0.3) is 5.69 Å². The van der Waals surface area contributed by atoms with Crippen LogP contribution in [-0.2, 0) is 0 Å². The molecular weight excluding hydrogens is 284 g/mol. The maximum atomic E-state index is 10.7. The van der Waals surface area contributed by atoms with Gasteiger partial charge in [0.05, 0.1) is 4.92 Å². The van der Waals surface area contributed by atoms with E-state index in [-0.39, 0.29) is 16.4 Å². The number of nitro groups is 1. The van der Waals surface area contributed by atoms with E-state index in [4.69, 9.17) is 0 Å². The van der Waals surface area contributed by atoms with Gasteiger partial charge in [0, 0.05) is 22.0 Å². The van der Waals surface area contributed by atoms with Crippen molar-refractivity contribution in [2.24, 2.45) is 5.92 Å². The van der Waals surface area contributed by atoms with E-state index in [0.29, 0.717) is 11.5 Å². The van der Waals surface area contributed by atoms with Crippen LogP contribution in [0.1, 0.15) is 37.9 Å². The van der Waals surface area contributed by atoms with E-state index in [1.54, 1.807) is 6.92 Å². The molecule has 1 aromatic rings. The van der Waals surface area contributed by atoms with Crippen LogP contribution in [0.3, 0.4) is 0 Å². The standard InChI is InChI=1S/C12H17BrN2O2/c1-7(2)12(9(4)13)10-5-8(3)11(6-14-10)15(16)17/h5-7,9,12H,1-4H3. The van der Waals surface area contributed by atoms with Crippen molar-refractivity contribution < 1.29 is 4.92 Å². The first kappa shape index (κ1) is 14.1. The predicted octanol–water partition coefficient (Wildman–Crippen LogP) is 3.82. The fraction of sp³-hybridized carbons (Fsp3) is 0.583. The Bertz CT molecular complexity index is 411. The Kier molecular flexibility index (Phi) is 4.62. The zero-order valence-electron chi connectivity index (χ0n) is 10.5. The second-order valence-electron chi connectivity index (χ2n) is 4.60. The fourth-order valence-corrected chi connectivity index (χ4v) is 2.93. The van der Waals surface area contributed by atoms with Gasteiger partial charge in [-0.3, -0.25) is 15.1 Å². The van der Waals surface area contributed by atoms with Crippen LogP contribution in [0.2, 0.25) is 0 Å². The predicted molar refractivity (Wildman–Crippen MR) is 71.6 cm³/mol. The lowest BCUT2D eigenvalue weighted by Gasteiger charge is -2.23. The molecule has 0 N–H and O–H groups in total. The molecule has 0 saturated heterocycles. The van der Waals surface area contributed by atoms with Gasteiger partial charge in [-0.25, -0.2) is 0 Å². The van der Waals surface area contributed by atoms with E-state index in [2.05, 4.69) is 41.7 Å². The lowest BCUT2D eigenvalue weighted by molar-refractivity contribution is -0.385. The molecule has 0 radical (unpaired) electrons. The normalized spacial score (nSPS) is 14.7. The van der Waals surface area contributed by atoms with Gasteiger partial charge in [-0.05, 0) is 18.9 Å². The maximum Gasteiger partial charge on any atom is 0.290 e. The Labute approximate surface area is 110 Å². The zero-order valence-corrected chi connectivity index (χ0v) is 12.1. The van der Waals surface area contributed by atoms with Crippen molar-refractivity contribution in [3.05, 3.63) is 33.6 Å². The summed E-state index contributed by atoms with van der Waals surface area (Å²) in [5.41, 5.74) is 1.66. The summed E-state index contributed by atoms with van der Waals surface area (Å²) in [6.45, 7) is 8.07. The van der Waals surface area contributed by atoms with Crippen molar-refractivity contribution in [3.8, 4) is 0 Å². The number of nitrogens with zero attached hydrogens (tertiary/aromatic N) is 2. The van der Waals surface area contributed by atoms with Gasteiger partial charge in [-0.2, -0.15) is 0 Å². The van der Waals surface area contributed by atoms with Crippen LogP contribution in [0.4, 0.5) is 5.69 Å². The number of hydrogen-bond donors (Lipinski definition) is 0. The first-order valence-corrected chi connectivity index (χ1v) is 6.51. The van der Waals surface area contributed by atoms with E-state index in [1.165, 1.54) is 6.20 Å². The van der Waals surface area contributed by atoms with Crippen LogP contribution in [0, 0.1) is 23.0 Å². The van der Waals surface area contributed by atoms with E-state index in [0.717, 1.165) is 5.69 Å². The minimum Gasteiger partial charge on any atom is -0.258 e. The summed E-state index contributed by atoms with van der Waals surface area (Å²) in [5, 5.41) is 10.7. The number of aromatic nitrogens is 1. The van der Waals surface area contributed by atoms with Gasteiger partial charge in [-0.15, -0.1) is 0 Å². The molecular formula is C12H17BrN2O2. The number of pyridine rings is 1. The molecule has 0 fully saturated rings. The van der Waals surface area contributed by atoms with Crippen LogP contribution < -0.4 is 0 Å². The summed E-state index contributed by atoms with van der Waals surface area (Å²) >= 11 is 3.58. The molecule has 5 heteroatoms. The maximum absolute atomic E-state index is 10.7. The SMILES string of the molecule is Cc1cc(C(C(C)C)C(C)Br)ncc1[N+](=O)[O-]. The molecule has 2 unspecified atom stereocenters. The van der Waals surface area contributed by atoms with Crippen molar-refractivity contribution in [3.63, 3.8) is 0 Å². The highest BCUT2D eigenvalue weighted by molar-refractivity contribution is 9.09. The van der Waals surface area contributed by atoms with Gasteiger partial charge >= 0.3 is 0 Å². The van der Waals surface area contributed by atoms with Crippen LogP contribution in [-0.4, -0.2) is 14.7 Å². The first-order valence-electron chi connectivity index (χ1n) is 5.59. The number of halogens is 1. The highest BCUT2D eigenvalue weighted by atomic mass is 79.9. The van der Waals surface area contributed by atoms with Crippen molar-refractivity contribution in [2.75, 3.05) is 0 Å². The molecule has 0 aromatic carbocycles. The Hall–Kier alpha value is -0.970. The van der Waals surface area contributed by atoms with Crippen LogP contribution in [0.25, 0.3) is 0 Å². The molecule has 1 heterocycles. The Morgan fingerprint density at radius 2 is 2.00 bits per heavy atom. The highest BCUT2D eigenvalue weighted by Gasteiger charge is 2.24. The van der Waals surface area contributed by atoms with Gasteiger partial charge in [0.1, 0.15) is 6.20 Å². The molecule has 0 saturated carbocycles. The second-order valence-corrected chi connectivity index (χ2v) is 6.04. The Morgan fingerprint density at radius 1 is 1.41 bits per heavy atom. The first-order chi connectivity index (χ1) is 7.84. The topological polar surface area (TPSA) is 56.0 Å². The number of rotatable bonds is 4. The molecule has 0 aliphatic heterocycles. The molecule has 17 heavy (non-hydrogen) atoms. The van der Waals surface area contributed by atoms with Gasteiger partial charge in [0.15, 0.2) is 0 Å². The molecule has 0 spiro atoms. The third-order valence-electron chi connectivity index (χ3n) is 2.86. The smallest absolute Gasteiger partial charge is 0.258 e. The lowest BCUT2D eigenvalue weighted by atomic mass is 9.89. The summed E-state index contributed by atoms with van der Waals surface area (Å²) in [5.74, 6) is 0.687. The number of alkyl halides is 1. The van der Waals surface area contributed by atoms with Gasteiger partial charge in [-0.1, -0.05) is 36.7 Å². The molecule has 4 nitrogen and oxygen atoms in total. The van der Waals surface area contributed by atoms with Gasteiger partial charge in [0.2, 0.25) is 0 Å². The molecule has 1 aromatic heterocycles. The van der Waals surface area contributed by atoms with E-state index in [1.807, 2.05) is 6.07 Å². The third-order valence-corrected chi connectivity index (χ3v) is 3.43. The Morgan fingerprint density at radius 3 is 2.35 bits per heavy atom. The quantitative estimate of drug-likeness (QED) is 0.482. The minimum atomic E-state index is -0.395. The summed E-state index contributed by atoms with van der Waals surface area (Å²) < 4.78 is 0. The van der Waals surface area contributed by atoms with Crippen LogP contribution in [0.15, 0.2) is 12.3 Å². The lowest BCUT2D eigenvalue weighted by Crippen LogP contribution is -2.17. The van der Waals surface area contributed by atoms with E-state index >= 15 is 0 Å². The largest absolute Gasteiger partial charge is 0.290 e. The molecule has 0 aliphatic rings. The summed E-state index contributed by atoms with van der Waals surface area (Å²) in [4.78, 5) is 14.9. The van der Waals surface area contributed by atoms with Crippen molar-refractivity contribution in [1.82, 2.24) is 4.98 Å². The van der Waals surface area contributed by atoms with E-state index < -0.39 is 4.92 Å². The summed E-state index contributed by atoms with van der Waals surface area (Å²) in [6, 6.07) is 1.82. The van der Waals surface area contributed by atoms with Crippen LogP contribution >= 0.6 is 15.9 Å². The van der Waals surface area contributed by atoms with Crippen molar-refractivity contribution >= 4 is 21.6 Å². The average Bonchev–Trinajstić information content (AvgIpc) is 2.15. The van der Waals surface area contributed by atoms with Crippen molar-refractivity contribution in [1.29, 1.82) is 0 Å². The summed E-state index contributed by atoms with van der Waals surface area (Å²) in [6.07, 6.45) is 1.36. The minimum absolute atomic E-state index is 0.0819. The molecule has 0 bridgehead atoms. The molecule has 2 atom stereocenters. The van der Waals surface area contributed by atoms with Crippen LogP contribution in [0.5, 0.6) is 0 Å². The average molecular weight is 301 g/mol. The van der Waals surface area contributed by atoms with Gasteiger partial charge < -0.3 is 0 Å². The Balaban J connectivity index is 3.15. The zero-order chi connectivity index (χ0) is 13.2. The highest BCUT2D eigenvalue weighted by Crippen LogP contribution is 2.32. The summed E-state index contributed by atoms with van der Waals surface area (Å²) in [7, 11) is 0. The second kappa shape index (κ2) is 5.58. The molecule has 1 rings (SSSR count). The van der Waals surface area contributed by atoms with Crippen molar-refractivity contribution in [2.45, 2.75) is 38.4 Å².